The number of aliphatic hydroxyl groups excluding tert-OH is 1. The van der Waals surface area contributed by atoms with Crippen molar-refractivity contribution in [2.45, 2.75) is 82.5 Å². The van der Waals surface area contributed by atoms with Crippen molar-refractivity contribution >= 4 is 17.9 Å². The smallest absolute Gasteiger partial charge is 0.357 e. The molecule has 2 aliphatic heterocycles. The largest absolute Gasteiger partial charge is 0.481 e. The lowest BCUT2D eigenvalue weighted by Crippen LogP contribution is -2.71. The average molecular weight is 580 g/mol. The number of benzene rings is 2. The van der Waals surface area contributed by atoms with Crippen LogP contribution in [0.4, 0.5) is 0 Å². The molecule has 1 aliphatic carbocycles. The van der Waals surface area contributed by atoms with Crippen molar-refractivity contribution < 1.29 is 43.5 Å². The van der Waals surface area contributed by atoms with Gasteiger partial charge in [-0.05, 0) is 52.4 Å². The highest BCUT2D eigenvalue weighted by molar-refractivity contribution is 5.84. The third-order valence-electron chi connectivity index (χ3n) is 9.05. The lowest BCUT2D eigenvalue weighted by atomic mass is 9.54. The fraction of sp³-hybridized carbons (Fsp3) is 0.469. The molecule has 0 bridgehead atoms. The summed E-state index contributed by atoms with van der Waals surface area (Å²) in [5, 5.41) is 22.6. The molecule has 0 radical (unpaired) electrons. The number of likely N-dealkylation sites (N-methyl/N-ethyl adjacent to an activating group) is 1. The van der Waals surface area contributed by atoms with Gasteiger partial charge in [-0.15, -0.1) is 0 Å². The SMILES string of the molecule is CC(=O)O[C@@H](C)C(=O)O[C@H](C(=O)OC1=CC[C@@]2(O)[C@@H](C)N(C)CC[C@@]23c2c(C)ccc(CO)c2O[C@@H]13)c1ccccc1. The topological polar surface area (TPSA) is 132 Å². The van der Waals surface area contributed by atoms with Gasteiger partial charge in [0.2, 0.25) is 6.10 Å². The Labute approximate surface area is 244 Å². The van der Waals surface area contributed by atoms with Gasteiger partial charge in [0.15, 0.2) is 12.2 Å². The molecule has 0 unspecified atom stereocenters. The van der Waals surface area contributed by atoms with Crippen LogP contribution in [-0.2, 0) is 40.6 Å². The van der Waals surface area contributed by atoms with Crippen molar-refractivity contribution in [3.05, 3.63) is 76.6 Å². The molecular weight excluding hydrogens is 542 g/mol. The number of carbonyl (C=O) groups excluding carboxylic acids is 3. The zero-order valence-electron chi connectivity index (χ0n) is 24.5. The second-order valence-corrected chi connectivity index (χ2v) is 11.4. The van der Waals surface area contributed by atoms with Crippen LogP contribution in [0.25, 0.3) is 0 Å². The summed E-state index contributed by atoms with van der Waals surface area (Å²) in [5.41, 5.74) is 0.434. The Bertz CT molecular complexity index is 1420. The summed E-state index contributed by atoms with van der Waals surface area (Å²) in [4.78, 5) is 40.1. The number of carbonyl (C=O) groups is 3. The van der Waals surface area contributed by atoms with Crippen molar-refractivity contribution in [1.29, 1.82) is 0 Å². The quantitative estimate of drug-likeness (QED) is 0.373. The number of hydrogen-bond donors (Lipinski definition) is 2. The molecule has 2 aromatic rings. The molecule has 10 heteroatoms. The van der Waals surface area contributed by atoms with Crippen molar-refractivity contribution in [2.75, 3.05) is 13.6 Å². The predicted molar refractivity (Wildman–Crippen MR) is 150 cm³/mol. The highest BCUT2D eigenvalue weighted by Crippen LogP contribution is 2.61. The van der Waals surface area contributed by atoms with E-state index in [1.807, 2.05) is 27.0 Å². The zero-order valence-corrected chi connectivity index (χ0v) is 24.5. The summed E-state index contributed by atoms with van der Waals surface area (Å²) in [6.45, 7) is 6.85. The highest BCUT2D eigenvalue weighted by atomic mass is 16.6. The Morgan fingerprint density at radius 1 is 1.12 bits per heavy atom. The number of piperidine rings is 1. The van der Waals surface area contributed by atoms with Crippen LogP contribution in [0, 0.1) is 6.92 Å². The van der Waals surface area contributed by atoms with Gasteiger partial charge in [0.1, 0.15) is 11.5 Å². The normalized spacial score (nSPS) is 27.7. The summed E-state index contributed by atoms with van der Waals surface area (Å²) in [6.07, 6.45) is -1.19. The zero-order chi connectivity index (χ0) is 30.4. The van der Waals surface area contributed by atoms with Crippen LogP contribution in [0.2, 0.25) is 0 Å². The Kier molecular flexibility index (Phi) is 7.91. The van der Waals surface area contributed by atoms with Crippen molar-refractivity contribution in [3.63, 3.8) is 0 Å². The van der Waals surface area contributed by atoms with Crippen molar-refractivity contribution in [1.82, 2.24) is 4.90 Å². The molecule has 1 saturated heterocycles. The molecule has 6 atom stereocenters. The van der Waals surface area contributed by atoms with Gasteiger partial charge in [0, 0.05) is 36.1 Å². The van der Waals surface area contributed by atoms with Gasteiger partial charge in [-0.1, -0.05) is 42.5 Å². The van der Waals surface area contributed by atoms with E-state index >= 15 is 0 Å². The molecule has 0 aromatic heterocycles. The first-order valence-electron chi connectivity index (χ1n) is 14.1. The van der Waals surface area contributed by atoms with Gasteiger partial charge in [0.25, 0.3) is 0 Å². The molecular formula is C32H37NO9. The minimum absolute atomic E-state index is 0.183. The van der Waals surface area contributed by atoms with Gasteiger partial charge in [0.05, 0.1) is 17.6 Å². The van der Waals surface area contributed by atoms with Gasteiger partial charge in [-0.3, -0.25) is 4.79 Å². The number of aryl methyl sites for hydroxylation is 1. The highest BCUT2D eigenvalue weighted by Gasteiger charge is 2.69. The number of fused-ring (bicyclic) bond motifs is 1. The van der Waals surface area contributed by atoms with E-state index in [2.05, 4.69) is 4.90 Å². The Balaban J connectivity index is 1.53. The standard InChI is InChI=1S/C32H37NO9/c1-18-11-12-23(17-34)26-25(18)31-15-16-33(5)20(3)32(31,38)14-13-24(28(31)41-26)40-30(37)27(22-9-7-6-8-10-22)42-29(36)19(2)39-21(4)35/h6-13,19-20,27-28,34,38H,14-17H2,1-5H3/t19-,20+,27-,28-,31-,32+/m0/s1. The molecule has 1 fully saturated rings. The number of nitrogens with zero attached hydrogens (tertiary/aromatic N) is 1. The molecule has 2 heterocycles. The summed E-state index contributed by atoms with van der Waals surface area (Å²) in [6, 6.07) is 11.9. The average Bonchev–Trinajstić information content (AvgIpc) is 3.33. The van der Waals surface area contributed by atoms with E-state index in [0.29, 0.717) is 29.8 Å². The van der Waals surface area contributed by atoms with E-state index in [4.69, 9.17) is 18.9 Å². The fourth-order valence-electron chi connectivity index (χ4n) is 6.76. The van der Waals surface area contributed by atoms with Gasteiger partial charge in [-0.2, -0.15) is 0 Å². The van der Waals surface area contributed by atoms with Crippen LogP contribution in [0.1, 0.15) is 62.0 Å². The number of ether oxygens (including phenoxy) is 4. The minimum Gasteiger partial charge on any atom is -0.481 e. The summed E-state index contributed by atoms with van der Waals surface area (Å²) in [5.74, 6) is -1.74. The van der Waals surface area contributed by atoms with Crippen LogP contribution < -0.4 is 4.74 Å². The third-order valence-corrected chi connectivity index (χ3v) is 9.05. The third kappa shape index (κ3) is 4.67. The summed E-state index contributed by atoms with van der Waals surface area (Å²) in [7, 11) is 1.97. The van der Waals surface area contributed by atoms with Crippen LogP contribution in [0.15, 0.2) is 54.3 Å². The summed E-state index contributed by atoms with van der Waals surface area (Å²) < 4.78 is 23.0. The van der Waals surface area contributed by atoms with Crippen LogP contribution >= 0.6 is 0 Å². The van der Waals surface area contributed by atoms with Crippen LogP contribution in [0.3, 0.4) is 0 Å². The van der Waals surface area contributed by atoms with Gasteiger partial charge in [-0.25, -0.2) is 9.59 Å². The number of likely N-dealkylation sites (tertiary alicyclic amines) is 1. The van der Waals surface area contributed by atoms with Crippen molar-refractivity contribution in [3.8, 4) is 5.75 Å². The first-order valence-corrected chi connectivity index (χ1v) is 14.1. The van der Waals surface area contributed by atoms with E-state index in [-0.39, 0.29) is 24.8 Å². The van der Waals surface area contributed by atoms with Crippen LogP contribution in [0.5, 0.6) is 5.75 Å². The van der Waals surface area contributed by atoms with Gasteiger partial charge < -0.3 is 34.1 Å². The molecule has 10 nitrogen and oxygen atoms in total. The molecule has 42 heavy (non-hydrogen) atoms. The second kappa shape index (κ2) is 11.2. The van der Waals surface area contributed by atoms with Crippen molar-refractivity contribution in [2.24, 2.45) is 0 Å². The maximum Gasteiger partial charge on any atom is 0.357 e. The molecule has 5 rings (SSSR count). The summed E-state index contributed by atoms with van der Waals surface area (Å²) >= 11 is 0. The fourth-order valence-corrected chi connectivity index (χ4v) is 6.76. The van der Waals surface area contributed by atoms with E-state index in [1.54, 1.807) is 42.5 Å². The lowest BCUT2D eigenvalue weighted by Gasteiger charge is -2.58. The minimum atomic E-state index is -1.45. The van der Waals surface area contributed by atoms with E-state index in [9.17, 15) is 24.6 Å². The Hall–Kier alpha value is -3.73. The number of esters is 3. The number of rotatable bonds is 7. The lowest BCUT2D eigenvalue weighted by molar-refractivity contribution is -0.179. The number of hydrogen-bond acceptors (Lipinski definition) is 10. The monoisotopic (exact) mass is 579 g/mol. The molecule has 1 spiro atoms. The molecule has 2 N–H and O–H groups in total. The Morgan fingerprint density at radius 3 is 2.50 bits per heavy atom. The van der Waals surface area contributed by atoms with E-state index in [1.165, 1.54) is 13.8 Å². The Morgan fingerprint density at radius 2 is 1.83 bits per heavy atom. The number of aliphatic hydroxyl groups is 2. The second-order valence-electron chi connectivity index (χ2n) is 11.4. The molecule has 3 aliphatic rings. The van der Waals surface area contributed by atoms with E-state index in [0.717, 1.165) is 11.1 Å². The molecule has 2 aromatic carbocycles. The van der Waals surface area contributed by atoms with Gasteiger partial charge >= 0.3 is 17.9 Å². The predicted octanol–water partition coefficient (Wildman–Crippen LogP) is 3.01. The molecule has 0 saturated carbocycles. The van der Waals surface area contributed by atoms with Crippen LogP contribution in [-0.4, -0.2) is 70.5 Å². The molecule has 224 valence electrons. The first-order chi connectivity index (χ1) is 19.9. The first kappa shape index (κ1) is 29.8. The maximum absolute atomic E-state index is 13.8. The van der Waals surface area contributed by atoms with E-state index < -0.39 is 47.2 Å². The maximum atomic E-state index is 13.8. The molecule has 0 amide bonds.